The van der Waals surface area contributed by atoms with Gasteiger partial charge in [0.1, 0.15) is 0 Å². The Kier molecular flexibility index (Phi) is 3.93. The maximum atomic E-state index is 5.63. The lowest BCUT2D eigenvalue weighted by Crippen LogP contribution is -2.32. The summed E-state index contributed by atoms with van der Waals surface area (Å²) in [5.41, 5.74) is 2.69. The summed E-state index contributed by atoms with van der Waals surface area (Å²) in [6, 6.07) is 8.83. The first kappa shape index (κ1) is 12.2. The van der Waals surface area contributed by atoms with Crippen LogP contribution in [0.1, 0.15) is 30.0 Å². The number of nitrogens with one attached hydrogen (secondary N) is 1. The zero-order chi connectivity index (χ0) is 12.2. The zero-order valence-electron chi connectivity index (χ0n) is 10.7. The molecule has 1 aromatic carbocycles. The Balaban J connectivity index is 1.44. The molecule has 2 aliphatic rings. The van der Waals surface area contributed by atoms with Crippen LogP contribution in [0, 0.1) is 5.92 Å². The first-order chi connectivity index (χ1) is 8.93. The summed E-state index contributed by atoms with van der Waals surface area (Å²) in [4.78, 5) is 0. The van der Waals surface area contributed by atoms with Crippen LogP contribution < -0.4 is 5.32 Å². The molecule has 1 fully saturated rings. The van der Waals surface area contributed by atoms with Gasteiger partial charge in [0, 0.05) is 13.2 Å². The van der Waals surface area contributed by atoms with E-state index in [1.165, 1.54) is 24.0 Å². The molecule has 18 heavy (non-hydrogen) atoms. The predicted molar refractivity (Wildman–Crippen MR) is 70.4 cm³/mol. The molecule has 3 nitrogen and oxygen atoms in total. The molecule has 98 valence electrons. The summed E-state index contributed by atoms with van der Waals surface area (Å²) in [6.45, 7) is 4.15. The summed E-state index contributed by atoms with van der Waals surface area (Å²) in [5.74, 6) is 0.851. The number of fused-ring (bicyclic) bond motifs is 1. The summed E-state index contributed by atoms with van der Waals surface area (Å²) in [7, 11) is 0. The van der Waals surface area contributed by atoms with E-state index >= 15 is 0 Å². The molecule has 3 rings (SSSR count). The highest BCUT2D eigenvalue weighted by Gasteiger charge is 2.21. The summed E-state index contributed by atoms with van der Waals surface area (Å²) in [6.07, 6.45) is 2.72. The molecular weight excluding hydrogens is 226 g/mol. The van der Waals surface area contributed by atoms with Gasteiger partial charge in [-0.05, 0) is 29.9 Å². The van der Waals surface area contributed by atoms with Crippen LogP contribution in [0.4, 0.5) is 0 Å². The van der Waals surface area contributed by atoms with Crippen molar-refractivity contribution >= 4 is 0 Å². The van der Waals surface area contributed by atoms with Gasteiger partial charge in [-0.3, -0.25) is 0 Å². The van der Waals surface area contributed by atoms with Gasteiger partial charge in [0.15, 0.2) is 0 Å². The van der Waals surface area contributed by atoms with Crippen molar-refractivity contribution in [1.82, 2.24) is 5.32 Å². The first-order valence-electron chi connectivity index (χ1n) is 6.90. The van der Waals surface area contributed by atoms with Crippen LogP contribution in [0.2, 0.25) is 0 Å². The van der Waals surface area contributed by atoms with E-state index in [0.717, 1.165) is 38.9 Å². The Morgan fingerprint density at radius 1 is 1.28 bits per heavy atom. The lowest BCUT2D eigenvalue weighted by molar-refractivity contribution is 0.0749. The molecule has 0 saturated heterocycles. The summed E-state index contributed by atoms with van der Waals surface area (Å²) < 4.78 is 11.2. The Morgan fingerprint density at radius 3 is 3.06 bits per heavy atom. The second kappa shape index (κ2) is 5.83. The normalized spacial score (nSPS) is 22.8. The van der Waals surface area contributed by atoms with Crippen molar-refractivity contribution in [2.24, 2.45) is 5.92 Å². The number of rotatable bonds is 6. The highest BCUT2D eigenvalue weighted by atomic mass is 16.5. The predicted octanol–water partition coefficient (Wildman–Crippen LogP) is 2.27. The monoisotopic (exact) mass is 247 g/mol. The van der Waals surface area contributed by atoms with E-state index in [2.05, 4.69) is 29.6 Å². The zero-order valence-corrected chi connectivity index (χ0v) is 10.7. The molecule has 1 aromatic rings. The van der Waals surface area contributed by atoms with Crippen LogP contribution in [0.15, 0.2) is 24.3 Å². The fourth-order valence-corrected chi connectivity index (χ4v) is 2.39. The third kappa shape index (κ3) is 3.10. The average Bonchev–Trinajstić information content (AvgIpc) is 3.23. The lowest BCUT2D eigenvalue weighted by atomic mass is 9.99. The van der Waals surface area contributed by atoms with Crippen LogP contribution in [0.25, 0.3) is 0 Å². The van der Waals surface area contributed by atoms with Crippen molar-refractivity contribution in [3.63, 3.8) is 0 Å². The maximum Gasteiger partial charge on any atom is 0.0721 e. The molecule has 0 spiro atoms. The summed E-state index contributed by atoms with van der Waals surface area (Å²) >= 11 is 0. The van der Waals surface area contributed by atoms with Gasteiger partial charge in [0.25, 0.3) is 0 Å². The Bertz CT molecular complexity index is 390. The number of benzene rings is 1. The minimum Gasteiger partial charge on any atom is -0.380 e. The second-order valence-electron chi connectivity index (χ2n) is 5.24. The molecule has 1 unspecified atom stereocenters. The molecule has 3 heteroatoms. The molecule has 0 radical (unpaired) electrons. The second-order valence-corrected chi connectivity index (χ2v) is 5.24. The van der Waals surface area contributed by atoms with E-state index in [0.29, 0.717) is 6.04 Å². The SMILES string of the molecule is c1ccc2c(c1)COCC2NCCOCC1CC1. The van der Waals surface area contributed by atoms with Gasteiger partial charge in [-0.1, -0.05) is 24.3 Å². The average molecular weight is 247 g/mol. The Hall–Kier alpha value is -0.900. The molecule has 1 aliphatic heterocycles. The molecule has 0 aromatic heterocycles. The molecule has 1 aliphatic carbocycles. The molecule has 1 saturated carbocycles. The van der Waals surface area contributed by atoms with Crippen molar-refractivity contribution in [3.05, 3.63) is 35.4 Å². The highest BCUT2D eigenvalue weighted by Crippen LogP contribution is 2.28. The third-order valence-electron chi connectivity index (χ3n) is 3.66. The fraction of sp³-hybridized carbons (Fsp3) is 0.600. The number of hydrogen-bond acceptors (Lipinski definition) is 3. The van der Waals surface area contributed by atoms with E-state index in [4.69, 9.17) is 9.47 Å². The third-order valence-corrected chi connectivity index (χ3v) is 3.66. The van der Waals surface area contributed by atoms with E-state index in [9.17, 15) is 0 Å². The van der Waals surface area contributed by atoms with Crippen molar-refractivity contribution in [3.8, 4) is 0 Å². The van der Waals surface area contributed by atoms with Gasteiger partial charge < -0.3 is 14.8 Å². The topological polar surface area (TPSA) is 30.5 Å². The molecule has 0 bridgehead atoms. The molecule has 1 atom stereocenters. The van der Waals surface area contributed by atoms with E-state index in [1.807, 2.05) is 0 Å². The smallest absolute Gasteiger partial charge is 0.0721 e. The van der Waals surface area contributed by atoms with E-state index in [1.54, 1.807) is 0 Å². The Morgan fingerprint density at radius 2 is 2.17 bits per heavy atom. The van der Waals surface area contributed by atoms with Gasteiger partial charge in [0.2, 0.25) is 0 Å². The van der Waals surface area contributed by atoms with Crippen LogP contribution >= 0.6 is 0 Å². The fourth-order valence-electron chi connectivity index (χ4n) is 2.39. The minimum absolute atomic E-state index is 0.319. The molecular formula is C15H21NO2. The van der Waals surface area contributed by atoms with Crippen LogP contribution in [0.5, 0.6) is 0 Å². The minimum atomic E-state index is 0.319. The standard InChI is InChI=1S/C15H21NO2/c1-2-4-14-13(3-1)10-18-11-15(14)16-7-8-17-9-12-5-6-12/h1-4,12,15-16H,5-11H2. The lowest BCUT2D eigenvalue weighted by Gasteiger charge is -2.26. The van der Waals surface area contributed by atoms with E-state index in [-0.39, 0.29) is 0 Å². The van der Waals surface area contributed by atoms with Gasteiger partial charge in [-0.15, -0.1) is 0 Å². The van der Waals surface area contributed by atoms with Crippen molar-refractivity contribution in [2.75, 3.05) is 26.4 Å². The summed E-state index contributed by atoms with van der Waals surface area (Å²) in [5, 5.41) is 3.52. The van der Waals surface area contributed by atoms with Crippen molar-refractivity contribution in [1.29, 1.82) is 0 Å². The van der Waals surface area contributed by atoms with Gasteiger partial charge in [-0.25, -0.2) is 0 Å². The highest BCUT2D eigenvalue weighted by molar-refractivity contribution is 5.30. The molecule has 0 amide bonds. The van der Waals surface area contributed by atoms with Crippen molar-refractivity contribution < 1.29 is 9.47 Å². The largest absolute Gasteiger partial charge is 0.380 e. The van der Waals surface area contributed by atoms with Crippen LogP contribution in [0.3, 0.4) is 0 Å². The Labute approximate surface area is 108 Å². The van der Waals surface area contributed by atoms with Crippen LogP contribution in [-0.2, 0) is 16.1 Å². The van der Waals surface area contributed by atoms with Gasteiger partial charge in [-0.2, -0.15) is 0 Å². The first-order valence-corrected chi connectivity index (χ1v) is 6.90. The van der Waals surface area contributed by atoms with Crippen molar-refractivity contribution in [2.45, 2.75) is 25.5 Å². The van der Waals surface area contributed by atoms with Crippen LogP contribution in [-0.4, -0.2) is 26.4 Å². The quantitative estimate of drug-likeness (QED) is 0.782. The van der Waals surface area contributed by atoms with Gasteiger partial charge >= 0.3 is 0 Å². The molecule has 1 N–H and O–H groups in total. The van der Waals surface area contributed by atoms with Gasteiger partial charge in [0.05, 0.1) is 25.9 Å². The van der Waals surface area contributed by atoms with E-state index < -0.39 is 0 Å². The maximum absolute atomic E-state index is 5.63. The molecule has 1 heterocycles. The number of ether oxygens (including phenoxy) is 2. The number of hydrogen-bond donors (Lipinski definition) is 1.